The summed E-state index contributed by atoms with van der Waals surface area (Å²) < 4.78 is 5.66. The summed E-state index contributed by atoms with van der Waals surface area (Å²) >= 11 is 1.27. The van der Waals surface area contributed by atoms with Crippen molar-refractivity contribution in [2.24, 2.45) is 5.92 Å². The molecular weight excluding hydrogens is 334 g/mol. The fraction of sp³-hybridized carbons (Fsp3) is 0.526. The van der Waals surface area contributed by atoms with E-state index in [1.165, 1.54) is 18.2 Å². The van der Waals surface area contributed by atoms with Crippen molar-refractivity contribution in [2.45, 2.75) is 58.2 Å². The summed E-state index contributed by atoms with van der Waals surface area (Å²) in [6, 6.07) is 8.05. The highest BCUT2D eigenvalue weighted by Gasteiger charge is 2.13. The summed E-state index contributed by atoms with van der Waals surface area (Å²) in [6.45, 7) is 8.48. The minimum absolute atomic E-state index is 0.00214. The third-order valence-corrected chi connectivity index (χ3v) is 4.75. The third kappa shape index (κ3) is 6.53. The first-order valence-electron chi connectivity index (χ1n) is 8.77. The highest BCUT2D eigenvalue weighted by Crippen LogP contribution is 2.25. The molecule has 25 heavy (non-hydrogen) atoms. The standard InChI is InChI=1S/C19H27N3O2S/c1-13(2)8-7-10-15(4)20-17(23)12-25-19-22-21-18(24-19)16-11-6-5-9-14(16)3/h5-6,9,11,13,15H,7-8,10,12H2,1-4H3,(H,20,23). The Bertz CT molecular complexity index is 685. The molecule has 0 fully saturated rings. The van der Waals surface area contributed by atoms with Crippen molar-refractivity contribution < 1.29 is 9.21 Å². The average molecular weight is 362 g/mol. The molecule has 0 aliphatic carbocycles. The first kappa shape index (κ1) is 19.5. The molecule has 1 heterocycles. The molecule has 0 saturated carbocycles. The SMILES string of the molecule is Cc1ccccc1-c1nnc(SCC(=O)NC(C)CCCC(C)C)o1. The van der Waals surface area contributed by atoms with Crippen LogP contribution in [0.2, 0.25) is 0 Å². The molecule has 0 aliphatic heterocycles. The molecule has 1 aromatic heterocycles. The van der Waals surface area contributed by atoms with Gasteiger partial charge in [-0.3, -0.25) is 4.79 Å². The van der Waals surface area contributed by atoms with Gasteiger partial charge in [-0.15, -0.1) is 10.2 Å². The number of aryl methyl sites for hydroxylation is 1. The normalized spacial score (nSPS) is 12.4. The largest absolute Gasteiger partial charge is 0.411 e. The molecular formula is C19H27N3O2S. The van der Waals surface area contributed by atoms with Gasteiger partial charge in [-0.1, -0.05) is 56.7 Å². The minimum atomic E-state index is -0.00214. The van der Waals surface area contributed by atoms with Gasteiger partial charge in [-0.2, -0.15) is 0 Å². The first-order chi connectivity index (χ1) is 12.0. The summed E-state index contributed by atoms with van der Waals surface area (Å²) in [5.74, 6) is 1.48. The van der Waals surface area contributed by atoms with Crippen LogP contribution in [-0.4, -0.2) is 27.9 Å². The molecule has 0 bridgehead atoms. The Morgan fingerprint density at radius 2 is 1.96 bits per heavy atom. The van der Waals surface area contributed by atoms with Gasteiger partial charge in [0.05, 0.1) is 5.75 Å². The van der Waals surface area contributed by atoms with Gasteiger partial charge in [0.2, 0.25) is 11.8 Å². The molecule has 0 radical (unpaired) electrons. The van der Waals surface area contributed by atoms with Gasteiger partial charge in [-0.25, -0.2) is 0 Å². The van der Waals surface area contributed by atoms with E-state index < -0.39 is 0 Å². The second kappa shape index (κ2) is 9.61. The molecule has 1 unspecified atom stereocenters. The van der Waals surface area contributed by atoms with E-state index in [0.29, 0.717) is 17.0 Å². The number of rotatable bonds is 9. The molecule has 1 aromatic carbocycles. The summed E-state index contributed by atoms with van der Waals surface area (Å²) in [7, 11) is 0. The van der Waals surface area contributed by atoms with Gasteiger partial charge >= 0.3 is 0 Å². The van der Waals surface area contributed by atoms with Crippen LogP contribution in [0.3, 0.4) is 0 Å². The maximum atomic E-state index is 12.0. The van der Waals surface area contributed by atoms with Crippen molar-refractivity contribution in [3.05, 3.63) is 29.8 Å². The van der Waals surface area contributed by atoms with Gasteiger partial charge in [0, 0.05) is 11.6 Å². The number of nitrogens with one attached hydrogen (secondary N) is 1. The molecule has 136 valence electrons. The topological polar surface area (TPSA) is 68.0 Å². The molecule has 1 atom stereocenters. The maximum Gasteiger partial charge on any atom is 0.277 e. The highest BCUT2D eigenvalue weighted by atomic mass is 32.2. The van der Waals surface area contributed by atoms with Crippen molar-refractivity contribution in [3.8, 4) is 11.5 Å². The average Bonchev–Trinajstić information content (AvgIpc) is 3.01. The molecule has 0 spiro atoms. The number of aromatic nitrogens is 2. The Kier molecular flexibility index (Phi) is 7.50. The number of hydrogen-bond donors (Lipinski definition) is 1. The lowest BCUT2D eigenvalue weighted by molar-refractivity contribution is -0.119. The van der Waals surface area contributed by atoms with E-state index in [1.807, 2.05) is 38.1 Å². The Morgan fingerprint density at radius 1 is 1.20 bits per heavy atom. The molecule has 1 amide bonds. The van der Waals surface area contributed by atoms with Crippen LogP contribution in [0.1, 0.15) is 45.6 Å². The fourth-order valence-electron chi connectivity index (χ4n) is 2.54. The predicted octanol–water partition coefficient (Wildman–Crippen LogP) is 4.47. The maximum absolute atomic E-state index is 12.0. The van der Waals surface area contributed by atoms with E-state index in [9.17, 15) is 4.79 Å². The first-order valence-corrected chi connectivity index (χ1v) is 9.76. The monoisotopic (exact) mass is 361 g/mol. The Labute approximate surface area is 154 Å². The van der Waals surface area contributed by atoms with Crippen molar-refractivity contribution >= 4 is 17.7 Å². The summed E-state index contributed by atoms with van der Waals surface area (Å²) in [4.78, 5) is 12.0. The van der Waals surface area contributed by atoms with Gasteiger partial charge in [-0.05, 0) is 37.8 Å². The number of amides is 1. The minimum Gasteiger partial charge on any atom is -0.411 e. The van der Waals surface area contributed by atoms with Crippen LogP contribution >= 0.6 is 11.8 Å². The van der Waals surface area contributed by atoms with Crippen LogP contribution in [0, 0.1) is 12.8 Å². The number of carbonyl (C=O) groups is 1. The van der Waals surface area contributed by atoms with E-state index in [0.717, 1.165) is 24.0 Å². The quantitative estimate of drug-likeness (QED) is 0.668. The van der Waals surface area contributed by atoms with E-state index in [2.05, 4.69) is 29.4 Å². The van der Waals surface area contributed by atoms with Gasteiger partial charge in [0.25, 0.3) is 5.22 Å². The molecule has 1 N–H and O–H groups in total. The lowest BCUT2D eigenvalue weighted by Crippen LogP contribution is -2.33. The van der Waals surface area contributed by atoms with E-state index in [4.69, 9.17) is 4.42 Å². The second-order valence-corrected chi connectivity index (χ2v) is 7.70. The lowest BCUT2D eigenvalue weighted by Gasteiger charge is -2.14. The lowest BCUT2D eigenvalue weighted by atomic mass is 10.0. The van der Waals surface area contributed by atoms with E-state index in [1.54, 1.807) is 0 Å². The smallest absolute Gasteiger partial charge is 0.277 e. The molecule has 6 heteroatoms. The Balaban J connectivity index is 1.78. The number of thioether (sulfide) groups is 1. The van der Waals surface area contributed by atoms with Gasteiger partial charge in [0.15, 0.2) is 0 Å². The zero-order valence-corrected chi connectivity index (χ0v) is 16.2. The van der Waals surface area contributed by atoms with Gasteiger partial charge in [0.1, 0.15) is 0 Å². The summed E-state index contributed by atoms with van der Waals surface area (Å²) in [5.41, 5.74) is 2.00. The number of nitrogens with zero attached hydrogens (tertiary/aromatic N) is 2. The van der Waals surface area contributed by atoms with Crippen molar-refractivity contribution in [3.63, 3.8) is 0 Å². The van der Waals surface area contributed by atoms with Crippen molar-refractivity contribution in [1.82, 2.24) is 15.5 Å². The van der Waals surface area contributed by atoms with Crippen LogP contribution in [0.25, 0.3) is 11.5 Å². The Hall–Kier alpha value is -1.82. The number of hydrogen-bond acceptors (Lipinski definition) is 5. The fourth-order valence-corrected chi connectivity index (χ4v) is 3.11. The van der Waals surface area contributed by atoms with Gasteiger partial charge < -0.3 is 9.73 Å². The van der Waals surface area contributed by atoms with Crippen LogP contribution < -0.4 is 5.32 Å². The predicted molar refractivity (Wildman–Crippen MR) is 101 cm³/mol. The highest BCUT2D eigenvalue weighted by molar-refractivity contribution is 7.99. The zero-order chi connectivity index (χ0) is 18.2. The van der Waals surface area contributed by atoms with Crippen LogP contribution in [-0.2, 0) is 4.79 Å². The van der Waals surface area contributed by atoms with E-state index >= 15 is 0 Å². The number of benzene rings is 1. The molecule has 2 rings (SSSR count). The molecule has 2 aromatic rings. The van der Waals surface area contributed by atoms with Crippen LogP contribution in [0.15, 0.2) is 33.9 Å². The second-order valence-electron chi connectivity index (χ2n) is 6.77. The zero-order valence-electron chi connectivity index (χ0n) is 15.4. The number of carbonyl (C=O) groups excluding carboxylic acids is 1. The molecule has 0 saturated heterocycles. The van der Waals surface area contributed by atoms with Crippen LogP contribution in [0.4, 0.5) is 0 Å². The van der Waals surface area contributed by atoms with Crippen molar-refractivity contribution in [1.29, 1.82) is 0 Å². The molecule has 0 aliphatic rings. The van der Waals surface area contributed by atoms with E-state index in [-0.39, 0.29) is 17.7 Å². The third-order valence-electron chi connectivity index (χ3n) is 3.93. The van der Waals surface area contributed by atoms with Crippen molar-refractivity contribution in [2.75, 3.05) is 5.75 Å². The summed E-state index contributed by atoms with van der Waals surface area (Å²) in [5, 5.41) is 11.5. The van der Waals surface area contributed by atoms with Crippen LogP contribution in [0.5, 0.6) is 0 Å². The summed E-state index contributed by atoms with van der Waals surface area (Å²) in [6.07, 6.45) is 3.33. The Morgan fingerprint density at radius 3 is 2.68 bits per heavy atom. The molecule has 5 nitrogen and oxygen atoms in total.